The summed E-state index contributed by atoms with van der Waals surface area (Å²) in [5.41, 5.74) is 0.871. The lowest BCUT2D eigenvalue weighted by molar-refractivity contribution is -0.151. The smallest absolute Gasteiger partial charge is 0.379 e. The van der Waals surface area contributed by atoms with Crippen LogP contribution in [0.3, 0.4) is 0 Å². The van der Waals surface area contributed by atoms with Gasteiger partial charge < -0.3 is 4.74 Å². The van der Waals surface area contributed by atoms with E-state index in [1.54, 1.807) is 13.0 Å². The molecule has 0 N–H and O–H groups in total. The summed E-state index contributed by atoms with van der Waals surface area (Å²) in [7, 11) is 0. The average molecular weight is 204 g/mol. The molecule has 0 aliphatic heterocycles. The third kappa shape index (κ3) is 3.77. The molecular weight excluding hydrogens is 192 g/mol. The second-order valence-electron chi connectivity index (χ2n) is 2.83. The fourth-order valence-corrected chi connectivity index (χ4v) is 1.01. The zero-order chi connectivity index (χ0) is 11.1. The van der Waals surface area contributed by atoms with Gasteiger partial charge in [-0.15, -0.1) is 0 Å². The lowest BCUT2D eigenvalue weighted by Crippen LogP contribution is -2.14. The normalized spacial score (nSPS) is 10.2. The van der Waals surface area contributed by atoms with Gasteiger partial charge in [-0.25, -0.2) is 4.79 Å². The van der Waals surface area contributed by atoms with Crippen LogP contribution in [0.15, 0.2) is 36.4 Å². The summed E-state index contributed by atoms with van der Waals surface area (Å²) in [4.78, 5) is 22.1. The van der Waals surface area contributed by atoms with Gasteiger partial charge in [0.05, 0.1) is 6.61 Å². The van der Waals surface area contributed by atoms with E-state index in [9.17, 15) is 9.59 Å². The first kappa shape index (κ1) is 11.2. The van der Waals surface area contributed by atoms with E-state index >= 15 is 0 Å². The van der Waals surface area contributed by atoms with E-state index in [4.69, 9.17) is 0 Å². The van der Waals surface area contributed by atoms with E-state index in [2.05, 4.69) is 4.74 Å². The molecule has 0 heterocycles. The van der Waals surface area contributed by atoms with Crippen molar-refractivity contribution in [2.24, 2.45) is 0 Å². The minimum atomic E-state index is -0.815. The summed E-state index contributed by atoms with van der Waals surface area (Å²) < 4.78 is 4.55. The maximum absolute atomic E-state index is 11.1. The van der Waals surface area contributed by atoms with Crippen LogP contribution in [0.1, 0.15) is 12.5 Å². The first-order chi connectivity index (χ1) is 7.24. The second-order valence-corrected chi connectivity index (χ2v) is 2.83. The van der Waals surface area contributed by atoms with E-state index < -0.39 is 11.8 Å². The predicted octanol–water partition coefficient (Wildman–Crippen LogP) is 1.83. The van der Waals surface area contributed by atoms with Gasteiger partial charge in [0.2, 0.25) is 0 Å². The molecule has 0 aromatic heterocycles. The van der Waals surface area contributed by atoms with Crippen molar-refractivity contribution in [2.75, 3.05) is 6.61 Å². The number of ether oxygens (including phenoxy) is 1. The molecule has 1 aromatic rings. The molecule has 0 fully saturated rings. The Morgan fingerprint density at radius 1 is 1.27 bits per heavy atom. The first-order valence-electron chi connectivity index (χ1n) is 4.68. The first-order valence-corrected chi connectivity index (χ1v) is 4.68. The Balaban J connectivity index is 2.59. The second kappa shape index (κ2) is 5.75. The number of hydrogen-bond acceptors (Lipinski definition) is 3. The maximum atomic E-state index is 11.1. The summed E-state index contributed by atoms with van der Waals surface area (Å²) in [6.07, 6.45) is 2.80. The van der Waals surface area contributed by atoms with Crippen LogP contribution in [-0.2, 0) is 14.3 Å². The zero-order valence-corrected chi connectivity index (χ0v) is 8.47. The molecule has 3 nitrogen and oxygen atoms in total. The quantitative estimate of drug-likeness (QED) is 0.427. The van der Waals surface area contributed by atoms with Crippen molar-refractivity contribution in [3.05, 3.63) is 42.0 Å². The molecule has 0 atom stereocenters. The Hall–Kier alpha value is -1.90. The van der Waals surface area contributed by atoms with Gasteiger partial charge in [0.15, 0.2) is 0 Å². The Morgan fingerprint density at radius 3 is 2.53 bits per heavy atom. The van der Waals surface area contributed by atoms with Gasteiger partial charge in [-0.3, -0.25) is 4.79 Å². The molecule has 0 aliphatic rings. The van der Waals surface area contributed by atoms with Gasteiger partial charge in [-0.05, 0) is 18.6 Å². The Morgan fingerprint density at radius 2 is 1.93 bits per heavy atom. The van der Waals surface area contributed by atoms with Crippen LogP contribution in [-0.4, -0.2) is 18.4 Å². The van der Waals surface area contributed by atoms with Crippen molar-refractivity contribution in [3.63, 3.8) is 0 Å². The monoisotopic (exact) mass is 204 g/mol. The number of benzene rings is 1. The number of esters is 1. The molecule has 78 valence electrons. The van der Waals surface area contributed by atoms with Crippen LogP contribution in [0.5, 0.6) is 0 Å². The van der Waals surface area contributed by atoms with Crippen LogP contribution in [0, 0.1) is 0 Å². The van der Waals surface area contributed by atoms with Gasteiger partial charge in [-0.2, -0.15) is 0 Å². The lowest BCUT2D eigenvalue weighted by Gasteiger charge is -1.95. The number of ketones is 1. The number of rotatable bonds is 4. The van der Waals surface area contributed by atoms with Crippen LogP contribution < -0.4 is 0 Å². The molecular formula is C12H12O3. The third-order valence-corrected chi connectivity index (χ3v) is 1.70. The molecule has 0 aliphatic carbocycles. The van der Waals surface area contributed by atoms with E-state index in [0.29, 0.717) is 0 Å². The van der Waals surface area contributed by atoms with Gasteiger partial charge >= 0.3 is 5.97 Å². The topological polar surface area (TPSA) is 43.4 Å². The molecule has 1 aromatic carbocycles. The van der Waals surface area contributed by atoms with Crippen molar-refractivity contribution < 1.29 is 14.3 Å². The van der Waals surface area contributed by atoms with Gasteiger partial charge in [0, 0.05) is 0 Å². The predicted molar refractivity (Wildman–Crippen MR) is 57.1 cm³/mol. The molecule has 0 bridgehead atoms. The number of carbonyl (C=O) groups excluding carboxylic acids is 2. The summed E-state index contributed by atoms with van der Waals surface area (Å²) in [6, 6.07) is 9.28. The van der Waals surface area contributed by atoms with E-state index in [1.165, 1.54) is 6.08 Å². The third-order valence-electron chi connectivity index (χ3n) is 1.70. The van der Waals surface area contributed by atoms with Gasteiger partial charge in [0.1, 0.15) is 0 Å². The highest BCUT2D eigenvalue weighted by Crippen LogP contribution is 2.01. The van der Waals surface area contributed by atoms with Crippen molar-refractivity contribution in [1.29, 1.82) is 0 Å². The maximum Gasteiger partial charge on any atom is 0.379 e. The molecule has 0 amide bonds. The molecule has 0 saturated heterocycles. The Labute approximate surface area is 88.4 Å². The standard InChI is InChI=1S/C12H12O3/c1-2-15-12(14)11(13)9-8-10-6-4-3-5-7-10/h3-9H,2H2,1H3. The number of hydrogen-bond donors (Lipinski definition) is 0. The molecule has 0 saturated carbocycles. The number of carbonyl (C=O) groups is 2. The van der Waals surface area contributed by atoms with Gasteiger partial charge in [-0.1, -0.05) is 36.4 Å². The molecule has 3 heteroatoms. The highest BCUT2D eigenvalue weighted by Gasteiger charge is 2.09. The van der Waals surface area contributed by atoms with E-state index in [1.807, 2.05) is 30.3 Å². The molecule has 0 unspecified atom stereocenters. The summed E-state index contributed by atoms with van der Waals surface area (Å²) in [6.45, 7) is 1.87. The van der Waals surface area contributed by atoms with Crippen LogP contribution in [0.2, 0.25) is 0 Å². The van der Waals surface area contributed by atoms with Gasteiger partial charge in [0.25, 0.3) is 5.78 Å². The largest absolute Gasteiger partial charge is 0.460 e. The van der Waals surface area contributed by atoms with Crippen molar-refractivity contribution >= 4 is 17.8 Å². The minimum absolute atomic E-state index is 0.212. The van der Waals surface area contributed by atoms with Crippen molar-refractivity contribution in [3.8, 4) is 0 Å². The zero-order valence-electron chi connectivity index (χ0n) is 8.47. The minimum Gasteiger partial charge on any atom is -0.460 e. The summed E-state index contributed by atoms with van der Waals surface area (Å²) >= 11 is 0. The fourth-order valence-electron chi connectivity index (χ4n) is 1.01. The average Bonchev–Trinajstić information content (AvgIpc) is 2.27. The van der Waals surface area contributed by atoms with Crippen molar-refractivity contribution in [1.82, 2.24) is 0 Å². The van der Waals surface area contributed by atoms with E-state index in [0.717, 1.165) is 5.56 Å². The highest BCUT2D eigenvalue weighted by molar-refractivity contribution is 6.39. The highest BCUT2D eigenvalue weighted by atomic mass is 16.5. The van der Waals surface area contributed by atoms with E-state index in [-0.39, 0.29) is 6.61 Å². The molecule has 0 radical (unpaired) electrons. The van der Waals surface area contributed by atoms with Crippen LogP contribution >= 0.6 is 0 Å². The lowest BCUT2D eigenvalue weighted by atomic mass is 10.2. The van der Waals surface area contributed by atoms with Crippen LogP contribution in [0.4, 0.5) is 0 Å². The molecule has 15 heavy (non-hydrogen) atoms. The Bertz CT molecular complexity index is 366. The Kier molecular flexibility index (Phi) is 4.29. The molecule has 1 rings (SSSR count). The van der Waals surface area contributed by atoms with Crippen LogP contribution in [0.25, 0.3) is 6.08 Å². The summed E-state index contributed by atoms with van der Waals surface area (Å²) in [5, 5.41) is 0. The SMILES string of the molecule is CCOC(=O)C(=O)C=Cc1ccccc1. The fraction of sp³-hybridized carbons (Fsp3) is 0.167. The summed E-state index contributed by atoms with van der Waals surface area (Å²) in [5.74, 6) is -1.45. The molecule has 0 spiro atoms. The van der Waals surface area contributed by atoms with Crippen molar-refractivity contribution in [2.45, 2.75) is 6.92 Å².